The van der Waals surface area contributed by atoms with Crippen LogP contribution in [0.4, 0.5) is 0 Å². The molecule has 0 spiro atoms. The minimum atomic E-state index is -0.488. The molecule has 0 aromatic heterocycles. The summed E-state index contributed by atoms with van der Waals surface area (Å²) >= 11 is 0. The van der Waals surface area contributed by atoms with Crippen LogP contribution in [0.3, 0.4) is 0 Å². The zero-order valence-electron chi connectivity index (χ0n) is 44.3. The summed E-state index contributed by atoms with van der Waals surface area (Å²) in [5, 5.41) is 0. The number of hydrogen-bond donors (Lipinski definition) is 0. The van der Waals surface area contributed by atoms with Gasteiger partial charge in [0.25, 0.3) is 0 Å². The lowest BCUT2D eigenvalue weighted by molar-refractivity contribution is 0.00578. The second-order valence-electron chi connectivity index (χ2n) is 26.9. The standard InChI is InChI=1S/C57H75B3O6/c1-49(2,3)31-22-37-34(43(25-31)58-61-52(10,11)53(12,13)62-58)28-40-46(37)41-29-35-38(23-32(50(4,5)6)26-44(35)59-63-54(14,15)55(16,17)64-59)48(41)42-30-36-39(47(40)42)24-33(51(7,8)9)27-45(36)60-65-56(18,19)57(20,21)66-60/h22-27H,28-30H2,1-21H3. The van der Waals surface area contributed by atoms with E-state index in [1.165, 1.54) is 83.5 Å². The molecule has 3 heterocycles. The van der Waals surface area contributed by atoms with Gasteiger partial charge in [-0.05, 0) is 218 Å². The molecule has 4 aromatic carbocycles. The molecule has 3 saturated heterocycles. The molecule has 3 aliphatic carbocycles. The van der Waals surface area contributed by atoms with Crippen molar-refractivity contribution >= 4 is 37.7 Å². The van der Waals surface area contributed by atoms with Crippen LogP contribution in [-0.4, -0.2) is 55.0 Å². The van der Waals surface area contributed by atoms with E-state index in [9.17, 15) is 0 Å². The summed E-state index contributed by atoms with van der Waals surface area (Å²) in [7, 11) is -1.46. The fourth-order valence-electron chi connectivity index (χ4n) is 11.1. The number of fused-ring (bicyclic) bond motifs is 12. The highest BCUT2D eigenvalue weighted by molar-refractivity contribution is 6.64. The molecule has 6 nitrogen and oxygen atoms in total. The molecule has 0 atom stereocenters. The second-order valence-corrected chi connectivity index (χ2v) is 26.9. The Morgan fingerprint density at radius 2 is 0.515 bits per heavy atom. The van der Waals surface area contributed by atoms with Crippen molar-refractivity contribution in [2.45, 2.75) is 215 Å². The Morgan fingerprint density at radius 3 is 0.697 bits per heavy atom. The molecule has 348 valence electrons. The van der Waals surface area contributed by atoms with Gasteiger partial charge in [-0.2, -0.15) is 0 Å². The van der Waals surface area contributed by atoms with Gasteiger partial charge in [0, 0.05) is 0 Å². The zero-order valence-corrected chi connectivity index (χ0v) is 44.3. The maximum absolute atomic E-state index is 6.97. The molecule has 4 aromatic rings. The largest absolute Gasteiger partial charge is 0.495 e. The molecule has 3 fully saturated rings. The van der Waals surface area contributed by atoms with Crippen molar-refractivity contribution in [2.24, 2.45) is 0 Å². The van der Waals surface area contributed by atoms with E-state index in [1.54, 1.807) is 0 Å². The van der Waals surface area contributed by atoms with Crippen LogP contribution in [-0.2, 0) is 63.4 Å². The predicted octanol–water partition coefficient (Wildman–Crippen LogP) is 11.2. The van der Waals surface area contributed by atoms with Crippen molar-refractivity contribution in [1.29, 1.82) is 0 Å². The molecule has 3 aliphatic heterocycles. The van der Waals surface area contributed by atoms with Crippen LogP contribution in [0.15, 0.2) is 36.4 Å². The zero-order chi connectivity index (χ0) is 48.2. The van der Waals surface area contributed by atoms with Crippen LogP contribution >= 0.6 is 0 Å². The third-order valence-electron chi connectivity index (χ3n) is 17.7. The highest BCUT2D eigenvalue weighted by Gasteiger charge is 2.56. The lowest BCUT2D eigenvalue weighted by atomic mass is 9.71. The Kier molecular flexibility index (Phi) is 9.73. The van der Waals surface area contributed by atoms with Gasteiger partial charge in [0.15, 0.2) is 0 Å². The lowest BCUT2D eigenvalue weighted by Gasteiger charge is -2.32. The van der Waals surface area contributed by atoms with E-state index in [1.807, 2.05) is 0 Å². The van der Waals surface area contributed by atoms with E-state index in [0.29, 0.717) is 0 Å². The van der Waals surface area contributed by atoms with Crippen molar-refractivity contribution in [3.05, 3.63) is 86.5 Å². The molecule has 6 aliphatic rings. The van der Waals surface area contributed by atoms with E-state index in [2.05, 4.69) is 182 Å². The third-order valence-corrected chi connectivity index (χ3v) is 17.7. The van der Waals surface area contributed by atoms with Crippen LogP contribution in [0.1, 0.15) is 195 Å². The highest BCUT2D eigenvalue weighted by Crippen LogP contribution is 2.58. The Morgan fingerprint density at radius 1 is 0.318 bits per heavy atom. The SMILES string of the molecule is CC(C)(C)c1cc(B2OC(C)(C)C(C)(C)O2)c2c(c1)-c1c(c3c(c4c1Cc1c(B5OC(C)(C)C(C)(C)O5)cc(C(C)(C)C)cc1-4)Cc1c(B4OC(C)(C)C(C)(C)O4)cc(C(C)(C)C)cc1-3)C2. The fraction of sp³-hybridized carbons (Fsp3) is 0.579. The summed E-state index contributed by atoms with van der Waals surface area (Å²) in [6, 6.07) is 14.7. The van der Waals surface area contributed by atoms with Gasteiger partial charge in [0.05, 0.1) is 33.6 Å². The van der Waals surface area contributed by atoms with Gasteiger partial charge in [0.1, 0.15) is 0 Å². The van der Waals surface area contributed by atoms with Gasteiger partial charge in [-0.1, -0.05) is 98.7 Å². The van der Waals surface area contributed by atoms with Crippen LogP contribution in [0, 0.1) is 0 Å². The highest BCUT2D eigenvalue weighted by atomic mass is 16.7. The topological polar surface area (TPSA) is 55.4 Å². The first kappa shape index (κ1) is 46.6. The average Bonchev–Trinajstić information content (AvgIpc) is 3.95. The first-order valence-electron chi connectivity index (χ1n) is 24.8. The molecule has 0 radical (unpaired) electrons. The second kappa shape index (κ2) is 13.8. The monoisotopic (exact) mass is 889 g/mol. The van der Waals surface area contributed by atoms with Crippen molar-refractivity contribution in [3.63, 3.8) is 0 Å². The minimum absolute atomic E-state index is 0.115. The van der Waals surface area contributed by atoms with E-state index < -0.39 is 55.0 Å². The van der Waals surface area contributed by atoms with Gasteiger partial charge in [-0.3, -0.25) is 0 Å². The van der Waals surface area contributed by atoms with E-state index in [4.69, 9.17) is 27.9 Å². The molecule has 10 rings (SSSR count). The third kappa shape index (κ3) is 6.73. The molecule has 66 heavy (non-hydrogen) atoms. The van der Waals surface area contributed by atoms with Crippen molar-refractivity contribution in [2.75, 3.05) is 0 Å². The predicted molar refractivity (Wildman–Crippen MR) is 274 cm³/mol. The van der Waals surface area contributed by atoms with E-state index >= 15 is 0 Å². The smallest absolute Gasteiger partial charge is 0.399 e. The van der Waals surface area contributed by atoms with Crippen molar-refractivity contribution < 1.29 is 27.9 Å². The van der Waals surface area contributed by atoms with E-state index in [-0.39, 0.29) is 16.2 Å². The van der Waals surface area contributed by atoms with Crippen LogP contribution in [0.2, 0.25) is 0 Å². The van der Waals surface area contributed by atoms with Crippen molar-refractivity contribution in [3.8, 4) is 33.4 Å². The van der Waals surface area contributed by atoms with Gasteiger partial charge >= 0.3 is 21.4 Å². The van der Waals surface area contributed by atoms with Crippen LogP contribution in [0.25, 0.3) is 33.4 Å². The first-order chi connectivity index (χ1) is 30.0. The van der Waals surface area contributed by atoms with Crippen molar-refractivity contribution in [1.82, 2.24) is 0 Å². The Bertz CT molecular complexity index is 2400. The van der Waals surface area contributed by atoms with Gasteiger partial charge in [-0.25, -0.2) is 0 Å². The summed E-state index contributed by atoms with van der Waals surface area (Å²) in [6.07, 6.45) is 2.38. The Hall–Kier alpha value is -3.17. The maximum Gasteiger partial charge on any atom is 0.495 e. The number of benzene rings is 4. The average molecular weight is 889 g/mol. The first-order valence-corrected chi connectivity index (χ1v) is 24.8. The summed E-state index contributed by atoms with van der Waals surface area (Å²) in [5.41, 5.74) is 20.4. The summed E-state index contributed by atoms with van der Waals surface area (Å²) in [5.74, 6) is 0. The fourth-order valence-corrected chi connectivity index (χ4v) is 11.1. The van der Waals surface area contributed by atoms with Crippen LogP contribution < -0.4 is 16.4 Å². The molecule has 0 unspecified atom stereocenters. The summed E-state index contributed by atoms with van der Waals surface area (Å²) in [4.78, 5) is 0. The van der Waals surface area contributed by atoms with Crippen LogP contribution in [0.5, 0.6) is 0 Å². The minimum Gasteiger partial charge on any atom is -0.399 e. The Labute approximate surface area is 398 Å². The van der Waals surface area contributed by atoms with Gasteiger partial charge in [0.2, 0.25) is 0 Å². The van der Waals surface area contributed by atoms with Gasteiger partial charge < -0.3 is 27.9 Å². The summed E-state index contributed by atoms with van der Waals surface area (Å²) < 4.78 is 41.8. The molecular formula is C57H75B3O6. The lowest BCUT2D eigenvalue weighted by Crippen LogP contribution is -2.41. The molecule has 0 amide bonds. The summed E-state index contributed by atoms with van der Waals surface area (Å²) in [6.45, 7) is 46.9. The molecule has 0 saturated carbocycles. The maximum atomic E-state index is 6.97. The number of hydrogen-bond acceptors (Lipinski definition) is 6. The Balaban J connectivity index is 1.29. The molecular weight excluding hydrogens is 813 g/mol. The van der Waals surface area contributed by atoms with E-state index in [0.717, 1.165) is 35.7 Å². The molecule has 9 heteroatoms. The van der Waals surface area contributed by atoms with Gasteiger partial charge in [-0.15, -0.1) is 0 Å². The normalized spacial score (nSPS) is 22.4. The molecule has 0 bridgehead atoms. The number of rotatable bonds is 3. The quantitative estimate of drug-likeness (QED) is 0.165. The molecule has 0 N–H and O–H groups in total.